The van der Waals surface area contributed by atoms with E-state index in [0.29, 0.717) is 48.4 Å². The van der Waals surface area contributed by atoms with E-state index in [2.05, 4.69) is 47.5 Å². The molecule has 0 bridgehead atoms. The first-order chi connectivity index (χ1) is 20.5. The molecule has 2 aliphatic rings. The Hall–Kier alpha value is -3.19. The molecule has 2 aromatic carbocycles. The van der Waals surface area contributed by atoms with Crippen molar-refractivity contribution in [3.8, 4) is 0 Å². The van der Waals surface area contributed by atoms with E-state index in [0.717, 1.165) is 54.9 Å². The van der Waals surface area contributed by atoms with Gasteiger partial charge in [-0.3, -0.25) is 9.89 Å². The molecule has 0 amide bonds. The number of anilines is 1. The lowest BCUT2D eigenvalue weighted by Gasteiger charge is -2.27. The van der Waals surface area contributed by atoms with Crippen LogP contribution in [0.1, 0.15) is 52.6 Å². The minimum absolute atomic E-state index is 0.0207. The molecular weight excluding hydrogens is 576 g/mol. The van der Waals surface area contributed by atoms with E-state index in [1.54, 1.807) is 0 Å². The van der Waals surface area contributed by atoms with Gasteiger partial charge in [0.25, 0.3) is 0 Å². The van der Waals surface area contributed by atoms with Gasteiger partial charge in [-0.2, -0.15) is 9.40 Å². The number of hydrogen-bond acceptors (Lipinski definition) is 7. The van der Waals surface area contributed by atoms with Crippen molar-refractivity contribution in [3.05, 3.63) is 76.1 Å². The Morgan fingerprint density at radius 1 is 1.16 bits per heavy atom. The Kier molecular flexibility index (Phi) is 9.60. The number of nitrogens with zero attached hydrogens (tertiary/aromatic N) is 3. The number of rotatable bonds is 11. The van der Waals surface area contributed by atoms with Gasteiger partial charge in [-0.25, -0.2) is 17.2 Å². The normalized spacial score (nSPS) is 17.2. The highest BCUT2D eigenvalue weighted by atomic mass is 32.2. The zero-order valence-electron chi connectivity index (χ0n) is 24.8. The second-order valence-electron chi connectivity index (χ2n) is 11.9. The minimum atomic E-state index is -4.17. The van der Waals surface area contributed by atoms with Gasteiger partial charge in [0.1, 0.15) is 11.6 Å². The van der Waals surface area contributed by atoms with Crippen molar-refractivity contribution in [2.45, 2.75) is 56.5 Å². The first kappa shape index (κ1) is 31.2. The van der Waals surface area contributed by atoms with E-state index in [4.69, 9.17) is 4.74 Å². The number of H-pyrrole nitrogens is 1. The fourth-order valence-electron chi connectivity index (χ4n) is 5.99. The minimum Gasteiger partial charge on any atom is -0.382 e. The van der Waals surface area contributed by atoms with Crippen molar-refractivity contribution in [2.24, 2.45) is 5.92 Å². The molecular formula is C31H39F2N5O4S. The number of carbonyl (C=O) groups is 1. The second-order valence-corrected chi connectivity index (χ2v) is 13.8. The van der Waals surface area contributed by atoms with Crippen molar-refractivity contribution >= 4 is 21.5 Å². The van der Waals surface area contributed by atoms with Crippen LogP contribution in [0.3, 0.4) is 0 Å². The van der Waals surface area contributed by atoms with Gasteiger partial charge in [-0.15, -0.1) is 0 Å². The molecule has 232 valence electrons. The van der Waals surface area contributed by atoms with Crippen LogP contribution in [0.5, 0.6) is 0 Å². The standard InChI is InChI=1S/C31H39F2N5O4S/c1-20(18-37(2)3)12-21-4-5-26(29(13-21)34-24-7-10-42-11-8-24)31(39)17-30-27-19-38(9-6-28(27)35-36-30)43(40,41)25-15-22(32)14-23(33)16-25/h4-5,13-16,20,24,34H,6-12,17-19H2,1-3H3,(H,35,36). The van der Waals surface area contributed by atoms with Crippen LogP contribution in [0.15, 0.2) is 41.3 Å². The number of benzene rings is 2. The number of aromatic nitrogens is 2. The summed E-state index contributed by atoms with van der Waals surface area (Å²) in [6.45, 7) is 4.57. The number of nitrogens with one attached hydrogen (secondary N) is 2. The average molecular weight is 616 g/mol. The zero-order chi connectivity index (χ0) is 30.7. The summed E-state index contributed by atoms with van der Waals surface area (Å²) in [5.74, 6) is -1.63. The zero-order valence-corrected chi connectivity index (χ0v) is 25.6. The Balaban J connectivity index is 1.37. The molecule has 1 fully saturated rings. The Morgan fingerprint density at radius 3 is 2.58 bits per heavy atom. The molecule has 0 spiro atoms. The van der Waals surface area contributed by atoms with Crippen molar-refractivity contribution in [2.75, 3.05) is 45.7 Å². The van der Waals surface area contributed by atoms with Gasteiger partial charge in [-0.1, -0.05) is 13.0 Å². The van der Waals surface area contributed by atoms with Crippen molar-refractivity contribution in [1.29, 1.82) is 0 Å². The fourth-order valence-corrected chi connectivity index (χ4v) is 7.44. The summed E-state index contributed by atoms with van der Waals surface area (Å²) >= 11 is 0. The maximum atomic E-state index is 13.8. The molecule has 2 aliphatic heterocycles. The lowest BCUT2D eigenvalue weighted by atomic mass is 9.95. The van der Waals surface area contributed by atoms with Crippen molar-refractivity contribution in [1.82, 2.24) is 19.4 Å². The molecule has 0 saturated carbocycles. The molecule has 2 N–H and O–H groups in total. The van der Waals surface area contributed by atoms with Crippen molar-refractivity contribution in [3.63, 3.8) is 0 Å². The van der Waals surface area contributed by atoms with E-state index in [1.807, 2.05) is 12.1 Å². The van der Waals surface area contributed by atoms with E-state index in [-0.39, 0.29) is 31.3 Å². The highest BCUT2D eigenvalue weighted by molar-refractivity contribution is 7.89. The number of aromatic amines is 1. The van der Waals surface area contributed by atoms with Crippen LogP contribution in [0.2, 0.25) is 0 Å². The van der Waals surface area contributed by atoms with Gasteiger partial charge in [0.05, 0.1) is 17.0 Å². The molecule has 1 unspecified atom stereocenters. The summed E-state index contributed by atoms with van der Waals surface area (Å²) in [6, 6.07) is 8.39. The molecule has 0 aliphatic carbocycles. The molecule has 5 rings (SSSR count). The predicted octanol–water partition coefficient (Wildman–Crippen LogP) is 4.19. The highest BCUT2D eigenvalue weighted by Gasteiger charge is 2.32. The number of sulfonamides is 1. The number of ketones is 1. The number of fused-ring (bicyclic) bond motifs is 1. The summed E-state index contributed by atoms with van der Waals surface area (Å²) in [5, 5.41) is 10.9. The highest BCUT2D eigenvalue weighted by Crippen LogP contribution is 2.29. The number of ether oxygens (including phenoxy) is 1. The third-order valence-electron chi connectivity index (χ3n) is 8.01. The van der Waals surface area contributed by atoms with Crippen LogP contribution in [0, 0.1) is 17.6 Å². The van der Waals surface area contributed by atoms with E-state index >= 15 is 0 Å². The molecule has 3 heterocycles. The van der Waals surface area contributed by atoms with Crippen molar-refractivity contribution < 1.29 is 26.7 Å². The van der Waals surface area contributed by atoms with Gasteiger partial charge in [0.2, 0.25) is 10.0 Å². The summed E-state index contributed by atoms with van der Waals surface area (Å²) in [4.78, 5) is 15.5. The number of hydrogen-bond donors (Lipinski definition) is 2. The monoisotopic (exact) mass is 615 g/mol. The maximum Gasteiger partial charge on any atom is 0.243 e. The number of carbonyl (C=O) groups excluding carboxylic acids is 1. The topological polar surface area (TPSA) is 108 Å². The van der Waals surface area contributed by atoms with Crippen LogP contribution >= 0.6 is 0 Å². The first-order valence-corrected chi connectivity index (χ1v) is 16.1. The molecule has 1 atom stereocenters. The third kappa shape index (κ3) is 7.49. The predicted molar refractivity (Wildman–Crippen MR) is 160 cm³/mol. The van der Waals surface area contributed by atoms with Crippen LogP contribution in [-0.2, 0) is 40.6 Å². The fraction of sp³-hybridized carbons (Fsp3) is 0.484. The maximum absolute atomic E-state index is 13.8. The molecule has 43 heavy (non-hydrogen) atoms. The summed E-state index contributed by atoms with van der Waals surface area (Å²) in [6.07, 6.45) is 2.89. The molecule has 1 aromatic heterocycles. The van der Waals surface area contributed by atoms with Gasteiger partial charge in [0.15, 0.2) is 5.78 Å². The number of halogens is 2. The van der Waals surface area contributed by atoms with Crippen LogP contribution in [-0.4, -0.2) is 80.0 Å². The van der Waals surface area contributed by atoms with Gasteiger partial charge < -0.3 is 15.0 Å². The third-order valence-corrected chi connectivity index (χ3v) is 9.84. The van der Waals surface area contributed by atoms with E-state index in [9.17, 15) is 22.0 Å². The summed E-state index contributed by atoms with van der Waals surface area (Å²) < 4.78 is 60.8. The van der Waals surface area contributed by atoms with Crippen LogP contribution in [0.4, 0.5) is 14.5 Å². The Labute approximate surface area is 251 Å². The van der Waals surface area contributed by atoms with E-state index in [1.165, 1.54) is 4.31 Å². The first-order valence-electron chi connectivity index (χ1n) is 14.7. The van der Waals surface area contributed by atoms with Crippen LogP contribution in [0.25, 0.3) is 0 Å². The Morgan fingerprint density at radius 2 is 1.88 bits per heavy atom. The van der Waals surface area contributed by atoms with Crippen LogP contribution < -0.4 is 5.32 Å². The molecule has 9 nitrogen and oxygen atoms in total. The lowest BCUT2D eigenvalue weighted by Crippen LogP contribution is -2.36. The molecule has 1 saturated heterocycles. The quantitative estimate of drug-likeness (QED) is 0.312. The van der Waals surface area contributed by atoms with Gasteiger partial charge >= 0.3 is 0 Å². The molecule has 12 heteroatoms. The Bertz CT molecular complexity index is 1550. The van der Waals surface area contributed by atoms with Gasteiger partial charge in [-0.05, 0) is 69.1 Å². The lowest BCUT2D eigenvalue weighted by molar-refractivity contribution is 0.0904. The van der Waals surface area contributed by atoms with E-state index < -0.39 is 26.6 Å². The number of Topliss-reactive ketones (excluding diaryl/α,β-unsaturated/α-hetero) is 1. The largest absolute Gasteiger partial charge is 0.382 e. The second kappa shape index (κ2) is 13.2. The smallest absolute Gasteiger partial charge is 0.243 e. The molecule has 3 aromatic rings. The summed E-state index contributed by atoms with van der Waals surface area (Å²) in [5.41, 5.74) is 4.33. The van der Waals surface area contributed by atoms with Gasteiger partial charge in [0, 0.05) is 73.9 Å². The molecule has 0 radical (unpaired) electrons. The SMILES string of the molecule is CC(Cc1ccc(C(=O)Cc2n[nH]c3c2CN(S(=O)(=O)c2cc(F)cc(F)c2)CC3)c(NC2CCOCC2)c1)CN(C)C. The average Bonchev–Trinajstić information content (AvgIpc) is 3.34. The summed E-state index contributed by atoms with van der Waals surface area (Å²) in [7, 11) is -0.0559.